The van der Waals surface area contributed by atoms with Gasteiger partial charge < -0.3 is 0 Å². The van der Waals surface area contributed by atoms with E-state index in [4.69, 9.17) is 0 Å². The minimum atomic E-state index is 0.877. The summed E-state index contributed by atoms with van der Waals surface area (Å²) in [5.41, 5.74) is 2.00. The van der Waals surface area contributed by atoms with E-state index in [1.54, 1.807) is 17.0 Å². The predicted octanol–water partition coefficient (Wildman–Crippen LogP) is -0.148. The lowest BCUT2D eigenvalue weighted by molar-refractivity contribution is -0.581. The number of hydrogen-bond donors (Lipinski definition) is 1. The fraction of sp³-hybridized carbons (Fsp3) is 0.167. The van der Waals surface area contributed by atoms with Crippen molar-refractivity contribution < 1.29 is 4.52 Å². The Morgan fingerprint density at radius 2 is 2.50 bits per heavy atom. The van der Waals surface area contributed by atoms with Crippen molar-refractivity contribution in [2.75, 3.05) is 0 Å². The van der Waals surface area contributed by atoms with E-state index < -0.39 is 0 Å². The molecule has 0 spiro atoms. The molecule has 0 unspecified atom stereocenters. The molecule has 0 saturated carbocycles. The fourth-order valence-corrected chi connectivity index (χ4v) is 0.905. The molecule has 2 aromatic heterocycles. The summed E-state index contributed by atoms with van der Waals surface area (Å²) < 4.78 is 1.70. The van der Waals surface area contributed by atoms with Crippen LogP contribution in [0.25, 0.3) is 5.65 Å². The van der Waals surface area contributed by atoms with Crippen molar-refractivity contribution in [3.8, 4) is 0 Å². The second-order valence-electron chi connectivity index (χ2n) is 2.15. The number of H-pyrrole nitrogens is 1. The van der Waals surface area contributed by atoms with E-state index >= 15 is 0 Å². The second-order valence-corrected chi connectivity index (χ2v) is 2.15. The molecular weight excluding hydrogens is 128 g/mol. The van der Waals surface area contributed by atoms with Crippen LogP contribution >= 0.6 is 0 Å². The maximum atomic E-state index is 4.02. The van der Waals surface area contributed by atoms with Crippen molar-refractivity contribution in [3.05, 3.63) is 24.2 Å². The summed E-state index contributed by atoms with van der Waals surface area (Å²) in [5.74, 6) is 0. The van der Waals surface area contributed by atoms with Gasteiger partial charge in [-0.15, -0.1) is 14.7 Å². The smallest absolute Gasteiger partial charge is 0.125 e. The van der Waals surface area contributed by atoms with Crippen LogP contribution in [-0.2, 0) is 0 Å². The van der Waals surface area contributed by atoms with Gasteiger partial charge in [0, 0.05) is 10.7 Å². The highest BCUT2D eigenvalue weighted by molar-refractivity contribution is 5.35. The van der Waals surface area contributed by atoms with Gasteiger partial charge in [0.1, 0.15) is 0 Å². The number of aryl methyl sites for hydroxylation is 1. The number of fused-ring (bicyclic) bond motifs is 1. The molecule has 0 aromatic carbocycles. The zero-order chi connectivity index (χ0) is 6.97. The molecule has 0 atom stereocenters. The SMILES string of the molecule is Cc1ccn[n+]2c[nH]nc12. The highest BCUT2D eigenvalue weighted by Gasteiger charge is 2.04. The van der Waals surface area contributed by atoms with Crippen LogP contribution in [-0.4, -0.2) is 15.3 Å². The summed E-state index contributed by atoms with van der Waals surface area (Å²) in [6.07, 6.45) is 3.46. The molecule has 50 valence electrons. The molecule has 0 fully saturated rings. The Hall–Kier alpha value is -1.45. The third kappa shape index (κ3) is 0.586. The molecular formula is C6H7N4+. The molecule has 2 heterocycles. The summed E-state index contributed by atoms with van der Waals surface area (Å²) in [5, 5.41) is 10.7. The Bertz CT molecular complexity index is 351. The lowest BCUT2D eigenvalue weighted by atomic mass is 10.3. The Balaban J connectivity index is 2.95. The molecule has 0 radical (unpaired) electrons. The maximum absolute atomic E-state index is 4.02. The van der Waals surface area contributed by atoms with E-state index in [2.05, 4.69) is 15.3 Å². The van der Waals surface area contributed by atoms with Gasteiger partial charge in [0.15, 0.2) is 0 Å². The number of nitrogens with one attached hydrogen (secondary N) is 1. The van der Waals surface area contributed by atoms with Crippen molar-refractivity contribution >= 4 is 5.65 Å². The Morgan fingerprint density at radius 3 is 3.30 bits per heavy atom. The molecule has 2 rings (SSSR count). The van der Waals surface area contributed by atoms with Crippen molar-refractivity contribution in [2.24, 2.45) is 0 Å². The van der Waals surface area contributed by atoms with Gasteiger partial charge in [-0.25, -0.2) is 0 Å². The van der Waals surface area contributed by atoms with Gasteiger partial charge in [-0.2, -0.15) is 0 Å². The zero-order valence-electron chi connectivity index (χ0n) is 5.57. The van der Waals surface area contributed by atoms with E-state index in [1.165, 1.54) is 0 Å². The van der Waals surface area contributed by atoms with Crippen molar-refractivity contribution in [3.63, 3.8) is 0 Å². The first-order valence-electron chi connectivity index (χ1n) is 3.05. The lowest BCUT2D eigenvalue weighted by Crippen LogP contribution is -2.23. The van der Waals surface area contributed by atoms with Gasteiger partial charge in [0.2, 0.25) is 6.33 Å². The molecule has 0 bridgehead atoms. The minimum absolute atomic E-state index is 0.877. The van der Waals surface area contributed by atoms with Crippen molar-refractivity contribution in [1.29, 1.82) is 0 Å². The lowest BCUT2D eigenvalue weighted by Gasteiger charge is -1.84. The van der Waals surface area contributed by atoms with Gasteiger partial charge in [-0.05, 0) is 13.0 Å². The molecule has 0 aliphatic carbocycles. The summed E-state index contributed by atoms with van der Waals surface area (Å²) in [6.45, 7) is 2.00. The number of aromatic amines is 1. The van der Waals surface area contributed by atoms with E-state index in [9.17, 15) is 0 Å². The van der Waals surface area contributed by atoms with E-state index in [-0.39, 0.29) is 0 Å². The topological polar surface area (TPSA) is 45.7 Å². The first kappa shape index (κ1) is 5.34. The normalized spacial score (nSPS) is 10.5. The quantitative estimate of drug-likeness (QED) is 0.511. The summed E-state index contributed by atoms with van der Waals surface area (Å²) in [7, 11) is 0. The molecule has 1 N–H and O–H groups in total. The third-order valence-electron chi connectivity index (χ3n) is 1.44. The molecule has 0 amide bonds. The highest BCUT2D eigenvalue weighted by Crippen LogP contribution is 1.95. The minimum Gasteiger partial charge on any atom is -0.125 e. The van der Waals surface area contributed by atoms with Gasteiger partial charge in [0.05, 0.1) is 6.20 Å². The van der Waals surface area contributed by atoms with E-state index in [1.807, 2.05) is 13.0 Å². The average molecular weight is 135 g/mol. The van der Waals surface area contributed by atoms with Crippen LogP contribution in [0.4, 0.5) is 0 Å². The van der Waals surface area contributed by atoms with Gasteiger partial charge in [0.25, 0.3) is 0 Å². The standard InChI is InChI=1S/C6H6N4/c1-5-2-3-8-10-4-7-9-6(5)10/h2-4H,1H3/p+1. The van der Waals surface area contributed by atoms with E-state index in [0.29, 0.717) is 0 Å². The third-order valence-corrected chi connectivity index (χ3v) is 1.44. The van der Waals surface area contributed by atoms with Crippen LogP contribution in [0.1, 0.15) is 5.56 Å². The number of rotatable bonds is 0. The molecule has 4 nitrogen and oxygen atoms in total. The first-order valence-corrected chi connectivity index (χ1v) is 3.05. The summed E-state index contributed by atoms with van der Waals surface area (Å²) in [4.78, 5) is 0. The monoisotopic (exact) mass is 135 g/mol. The van der Waals surface area contributed by atoms with Gasteiger partial charge in [-0.1, -0.05) is 0 Å². The van der Waals surface area contributed by atoms with Crippen LogP contribution in [0, 0.1) is 6.92 Å². The maximum Gasteiger partial charge on any atom is 0.328 e. The molecule has 10 heavy (non-hydrogen) atoms. The summed E-state index contributed by atoms with van der Waals surface area (Å²) >= 11 is 0. The number of aromatic nitrogens is 4. The molecule has 0 aliphatic rings. The van der Waals surface area contributed by atoms with Crippen molar-refractivity contribution in [1.82, 2.24) is 15.3 Å². The Labute approximate surface area is 57.5 Å². The van der Waals surface area contributed by atoms with Crippen LogP contribution < -0.4 is 4.52 Å². The zero-order valence-corrected chi connectivity index (χ0v) is 5.57. The van der Waals surface area contributed by atoms with Crippen molar-refractivity contribution in [2.45, 2.75) is 6.92 Å². The number of hydrogen-bond acceptors (Lipinski definition) is 2. The Morgan fingerprint density at radius 1 is 1.60 bits per heavy atom. The van der Waals surface area contributed by atoms with Crippen LogP contribution in [0.3, 0.4) is 0 Å². The average Bonchev–Trinajstić information content (AvgIpc) is 2.36. The summed E-state index contributed by atoms with van der Waals surface area (Å²) in [6, 6.07) is 1.93. The van der Waals surface area contributed by atoms with Crippen LogP contribution in [0.15, 0.2) is 18.6 Å². The fourth-order valence-electron chi connectivity index (χ4n) is 0.905. The van der Waals surface area contributed by atoms with Crippen LogP contribution in [0.5, 0.6) is 0 Å². The van der Waals surface area contributed by atoms with Gasteiger partial charge in [-0.3, -0.25) is 0 Å². The Kier molecular flexibility index (Phi) is 0.943. The molecule has 2 aromatic rings. The highest BCUT2D eigenvalue weighted by atomic mass is 15.3. The second kappa shape index (κ2) is 1.76. The van der Waals surface area contributed by atoms with Gasteiger partial charge >= 0.3 is 5.65 Å². The molecule has 0 saturated heterocycles. The largest absolute Gasteiger partial charge is 0.328 e. The molecule has 0 aliphatic heterocycles. The molecule has 4 heteroatoms. The first-order chi connectivity index (χ1) is 4.88. The van der Waals surface area contributed by atoms with Crippen LogP contribution in [0.2, 0.25) is 0 Å². The number of nitrogens with zero attached hydrogens (tertiary/aromatic N) is 3. The predicted molar refractivity (Wildman–Crippen MR) is 34.3 cm³/mol. The van der Waals surface area contributed by atoms with E-state index in [0.717, 1.165) is 11.2 Å².